The first-order valence-electron chi connectivity index (χ1n) is 7.30. The molecule has 0 unspecified atom stereocenters. The summed E-state index contributed by atoms with van der Waals surface area (Å²) in [5.74, 6) is 0.567. The van der Waals surface area contributed by atoms with Crippen LogP contribution in [-0.4, -0.2) is 27.4 Å². The van der Waals surface area contributed by atoms with E-state index >= 15 is 0 Å². The minimum Gasteiger partial charge on any atom is -0.497 e. The summed E-state index contributed by atoms with van der Waals surface area (Å²) in [6, 6.07) is 15.0. The molecular weight excluding hydrogens is 290 g/mol. The van der Waals surface area contributed by atoms with Gasteiger partial charge in [-0.3, -0.25) is 14.0 Å². The Morgan fingerprint density at radius 1 is 1.09 bits per heavy atom. The van der Waals surface area contributed by atoms with Crippen LogP contribution >= 0.6 is 0 Å². The predicted octanol–water partition coefficient (Wildman–Crippen LogP) is 3.23. The molecule has 5 heteroatoms. The molecule has 0 aliphatic heterocycles. The molecule has 5 nitrogen and oxygen atoms in total. The lowest BCUT2D eigenvalue weighted by Gasteiger charge is -2.07. The van der Waals surface area contributed by atoms with Gasteiger partial charge in [0, 0.05) is 18.0 Å². The third kappa shape index (κ3) is 1.93. The van der Waals surface area contributed by atoms with Crippen LogP contribution in [0.25, 0.3) is 21.9 Å². The molecule has 2 aromatic carbocycles. The predicted molar refractivity (Wildman–Crippen MR) is 88.9 cm³/mol. The molecular formula is C18H15N3O2. The Morgan fingerprint density at radius 3 is 2.74 bits per heavy atom. The van der Waals surface area contributed by atoms with Crippen molar-refractivity contribution in [1.29, 1.82) is 0 Å². The van der Waals surface area contributed by atoms with E-state index in [9.17, 15) is 4.79 Å². The number of benzene rings is 2. The average molecular weight is 305 g/mol. The number of carbonyl (C=O) groups is 1. The van der Waals surface area contributed by atoms with Crippen LogP contribution in [0.4, 0.5) is 0 Å². The van der Waals surface area contributed by atoms with E-state index in [0.29, 0.717) is 11.3 Å². The Bertz CT molecular complexity index is 1040. The molecule has 0 amide bonds. The van der Waals surface area contributed by atoms with Crippen molar-refractivity contribution >= 4 is 27.8 Å². The molecule has 2 heterocycles. The lowest BCUT2D eigenvalue weighted by atomic mass is 10.2. The van der Waals surface area contributed by atoms with E-state index in [1.165, 1.54) is 0 Å². The maximum atomic E-state index is 13.1. The van der Waals surface area contributed by atoms with Gasteiger partial charge in [-0.05, 0) is 24.3 Å². The number of ether oxygens (including phenoxy) is 1. The third-order valence-corrected chi connectivity index (χ3v) is 4.08. The van der Waals surface area contributed by atoms with E-state index in [0.717, 1.165) is 21.9 Å². The summed E-state index contributed by atoms with van der Waals surface area (Å²) in [7, 11) is 3.48. The van der Waals surface area contributed by atoms with E-state index in [-0.39, 0.29) is 5.91 Å². The van der Waals surface area contributed by atoms with Crippen molar-refractivity contribution in [1.82, 2.24) is 14.3 Å². The zero-order chi connectivity index (χ0) is 16.0. The van der Waals surface area contributed by atoms with E-state index in [4.69, 9.17) is 4.74 Å². The van der Waals surface area contributed by atoms with Gasteiger partial charge in [0.25, 0.3) is 5.91 Å². The average Bonchev–Trinajstić information content (AvgIpc) is 3.12. The molecule has 4 aromatic rings. The summed E-state index contributed by atoms with van der Waals surface area (Å²) in [5.41, 5.74) is 3.22. The van der Waals surface area contributed by atoms with Gasteiger partial charge in [-0.15, -0.1) is 0 Å². The Morgan fingerprint density at radius 2 is 1.91 bits per heavy atom. The minimum atomic E-state index is -0.0944. The fraction of sp³-hybridized carbons (Fsp3) is 0.111. The first-order valence-corrected chi connectivity index (χ1v) is 7.30. The highest BCUT2D eigenvalue weighted by Crippen LogP contribution is 2.29. The van der Waals surface area contributed by atoms with Crippen LogP contribution in [0, 0.1) is 0 Å². The number of para-hydroxylation sites is 1. The second-order valence-corrected chi connectivity index (χ2v) is 5.39. The SMILES string of the molecule is COc1cccc(C(=O)n2c3ccccc3c3c2cnn3C)c1. The molecule has 0 bridgehead atoms. The number of aromatic nitrogens is 3. The minimum absolute atomic E-state index is 0.0944. The fourth-order valence-corrected chi connectivity index (χ4v) is 3.00. The third-order valence-electron chi connectivity index (χ3n) is 4.08. The maximum absolute atomic E-state index is 13.1. The van der Waals surface area contributed by atoms with Crippen LogP contribution < -0.4 is 4.74 Å². The van der Waals surface area contributed by atoms with Gasteiger partial charge in [0.1, 0.15) is 5.75 Å². The van der Waals surface area contributed by atoms with Crippen molar-refractivity contribution in [2.75, 3.05) is 7.11 Å². The topological polar surface area (TPSA) is 49.1 Å². The van der Waals surface area contributed by atoms with Crippen molar-refractivity contribution in [2.24, 2.45) is 7.05 Å². The molecule has 2 aromatic heterocycles. The Balaban J connectivity index is 2.01. The van der Waals surface area contributed by atoms with Crippen LogP contribution in [0.15, 0.2) is 54.7 Å². The molecule has 0 atom stereocenters. The number of carbonyl (C=O) groups excluding carboxylic acids is 1. The lowest BCUT2D eigenvalue weighted by molar-refractivity contribution is 0.0969. The van der Waals surface area contributed by atoms with Crippen LogP contribution in [0.5, 0.6) is 5.75 Å². The number of hydrogen-bond donors (Lipinski definition) is 0. The lowest BCUT2D eigenvalue weighted by Crippen LogP contribution is -2.11. The Labute approximate surface area is 132 Å². The molecule has 0 fully saturated rings. The molecule has 23 heavy (non-hydrogen) atoms. The second-order valence-electron chi connectivity index (χ2n) is 5.39. The summed E-state index contributed by atoms with van der Waals surface area (Å²) in [5, 5.41) is 5.31. The highest BCUT2D eigenvalue weighted by atomic mass is 16.5. The van der Waals surface area contributed by atoms with Gasteiger partial charge in [-0.25, -0.2) is 0 Å². The van der Waals surface area contributed by atoms with Crippen LogP contribution in [0.3, 0.4) is 0 Å². The van der Waals surface area contributed by atoms with Gasteiger partial charge in [0.15, 0.2) is 0 Å². The summed E-state index contributed by atoms with van der Waals surface area (Å²) in [6.45, 7) is 0. The van der Waals surface area contributed by atoms with Crippen LogP contribution in [-0.2, 0) is 7.05 Å². The largest absolute Gasteiger partial charge is 0.497 e. The molecule has 0 radical (unpaired) electrons. The molecule has 0 aliphatic rings. The maximum Gasteiger partial charge on any atom is 0.263 e. The summed E-state index contributed by atoms with van der Waals surface area (Å²) in [4.78, 5) is 13.1. The molecule has 0 saturated heterocycles. The Hall–Kier alpha value is -3.08. The first-order chi connectivity index (χ1) is 11.2. The van der Waals surface area contributed by atoms with Crippen molar-refractivity contribution < 1.29 is 9.53 Å². The van der Waals surface area contributed by atoms with Gasteiger partial charge in [0.2, 0.25) is 0 Å². The van der Waals surface area contributed by atoms with Crippen molar-refractivity contribution in [2.45, 2.75) is 0 Å². The molecule has 0 N–H and O–H groups in total. The van der Waals surface area contributed by atoms with Gasteiger partial charge in [-0.2, -0.15) is 5.10 Å². The zero-order valence-corrected chi connectivity index (χ0v) is 12.9. The summed E-state index contributed by atoms with van der Waals surface area (Å²) < 4.78 is 8.74. The molecule has 0 aliphatic carbocycles. The van der Waals surface area contributed by atoms with E-state index < -0.39 is 0 Å². The number of methoxy groups -OCH3 is 1. The second kappa shape index (κ2) is 4.98. The van der Waals surface area contributed by atoms with E-state index in [2.05, 4.69) is 5.10 Å². The quantitative estimate of drug-likeness (QED) is 0.571. The number of fused-ring (bicyclic) bond motifs is 3. The van der Waals surface area contributed by atoms with Crippen molar-refractivity contribution in [3.63, 3.8) is 0 Å². The van der Waals surface area contributed by atoms with Crippen molar-refractivity contribution in [3.05, 3.63) is 60.3 Å². The Kier molecular flexibility index (Phi) is 2.94. The van der Waals surface area contributed by atoms with Gasteiger partial charge in [0.05, 0.1) is 29.9 Å². The van der Waals surface area contributed by atoms with Gasteiger partial charge in [-0.1, -0.05) is 24.3 Å². The van der Waals surface area contributed by atoms with E-state index in [1.54, 1.807) is 34.7 Å². The number of rotatable bonds is 2. The first kappa shape index (κ1) is 13.6. The summed E-state index contributed by atoms with van der Waals surface area (Å²) in [6.07, 6.45) is 1.73. The highest BCUT2D eigenvalue weighted by Gasteiger charge is 2.19. The fourth-order valence-electron chi connectivity index (χ4n) is 3.00. The summed E-state index contributed by atoms with van der Waals surface area (Å²) >= 11 is 0. The van der Waals surface area contributed by atoms with Gasteiger partial charge >= 0.3 is 0 Å². The van der Waals surface area contributed by atoms with Crippen LogP contribution in [0.1, 0.15) is 10.4 Å². The number of nitrogens with zero attached hydrogens (tertiary/aromatic N) is 3. The smallest absolute Gasteiger partial charge is 0.263 e. The standard InChI is InChI=1S/C18H15N3O2/c1-20-17-14-8-3-4-9-15(14)21(16(17)11-19-20)18(22)12-6-5-7-13(10-12)23-2/h3-11H,1-2H3. The van der Waals surface area contributed by atoms with Gasteiger partial charge < -0.3 is 4.74 Å². The van der Waals surface area contributed by atoms with E-state index in [1.807, 2.05) is 43.4 Å². The number of aryl methyl sites for hydroxylation is 1. The zero-order valence-electron chi connectivity index (χ0n) is 12.9. The molecule has 0 spiro atoms. The molecule has 4 rings (SSSR count). The molecule has 114 valence electrons. The normalized spacial score (nSPS) is 11.2. The molecule has 0 saturated carbocycles. The van der Waals surface area contributed by atoms with Crippen LogP contribution in [0.2, 0.25) is 0 Å². The number of hydrogen-bond acceptors (Lipinski definition) is 3. The monoisotopic (exact) mass is 305 g/mol. The highest BCUT2D eigenvalue weighted by molar-refractivity contribution is 6.15. The van der Waals surface area contributed by atoms with Crippen molar-refractivity contribution in [3.8, 4) is 5.75 Å².